The van der Waals surface area contributed by atoms with Crippen LogP contribution in [0.3, 0.4) is 0 Å². The van der Waals surface area contributed by atoms with E-state index in [-0.39, 0.29) is 0 Å². The first-order chi connectivity index (χ1) is 35.5. The van der Waals surface area contributed by atoms with E-state index in [1.165, 1.54) is 0 Å². The molecule has 0 aliphatic rings. The molecule has 1 nitrogen and oxygen atoms in total. The minimum absolute atomic E-state index is 0.432. The van der Waals surface area contributed by atoms with Crippen LogP contribution in [0, 0.1) is 0 Å². The summed E-state index contributed by atoms with van der Waals surface area (Å²) in [5.74, 6) is 0. The lowest BCUT2D eigenvalue weighted by Gasteiger charge is -2.18. The van der Waals surface area contributed by atoms with E-state index in [0.717, 1.165) is 0 Å². The van der Waals surface area contributed by atoms with E-state index in [9.17, 15) is 13.7 Å². The van der Waals surface area contributed by atoms with Gasteiger partial charge >= 0.3 is 0 Å². The Morgan fingerprint density at radius 2 is 1.00 bits per heavy atom. The summed E-state index contributed by atoms with van der Waals surface area (Å²) in [5.41, 5.74) is -4.99. The molecule has 0 spiro atoms. The van der Waals surface area contributed by atoms with Crippen molar-refractivity contribution in [3.05, 3.63) is 180 Å². The fourth-order valence-electron chi connectivity index (χ4n) is 5.92. The van der Waals surface area contributed by atoms with Gasteiger partial charge in [0, 0.05) is 16.2 Å². The molecule has 0 atom stereocenters. The molecule has 0 N–H and O–H groups in total. The van der Waals surface area contributed by atoms with Crippen molar-refractivity contribution in [2.75, 3.05) is 0 Å². The van der Waals surface area contributed by atoms with E-state index in [0.29, 0.717) is 0 Å². The van der Waals surface area contributed by atoms with Crippen LogP contribution in [0.15, 0.2) is 174 Å². The van der Waals surface area contributed by atoms with Crippen molar-refractivity contribution < 1.29 is 42.8 Å². The second kappa shape index (κ2) is 10.7. The highest BCUT2D eigenvalue weighted by atomic mass is 16.3. The molecule has 10 aromatic rings. The molecule has 0 saturated heterocycles. The van der Waals surface area contributed by atoms with Gasteiger partial charge in [0.15, 0.2) is 0 Å². The van der Waals surface area contributed by atoms with Crippen LogP contribution in [0.1, 0.15) is 49.5 Å². The molecule has 0 amide bonds. The first-order valence-corrected chi connectivity index (χ1v) is 14.4. The summed E-state index contributed by atoms with van der Waals surface area (Å²) in [6, 6.07) is -24.1. The minimum atomic E-state index is -0.993. The molecule has 1 heteroatoms. The van der Waals surface area contributed by atoms with Crippen LogP contribution in [-0.4, -0.2) is 0 Å². The van der Waals surface area contributed by atoms with Crippen LogP contribution in [0.5, 0.6) is 0 Å². The molecule has 0 saturated carbocycles. The Labute approximate surface area is 317 Å². The minimum Gasteiger partial charge on any atom is -0.455 e. The van der Waals surface area contributed by atoms with Crippen molar-refractivity contribution in [1.82, 2.24) is 0 Å². The molecule has 0 bridgehead atoms. The molecular weight excluding hydrogens is 581 g/mol. The summed E-state index contributed by atoms with van der Waals surface area (Å²) >= 11 is 0. The molecule has 0 aliphatic carbocycles. The molecule has 9 aromatic carbocycles. The van der Waals surface area contributed by atoms with Crippen LogP contribution >= 0.6 is 0 Å². The Balaban J connectivity index is 1.42. The largest absolute Gasteiger partial charge is 0.455 e. The highest BCUT2D eigenvalue weighted by Gasteiger charge is 2.20. The summed E-state index contributed by atoms with van der Waals surface area (Å²) < 4.78 is 257. The molecular formula is C47H30O. The predicted octanol–water partition coefficient (Wildman–Crippen LogP) is 13.1. The number of benzene rings is 9. The summed E-state index contributed by atoms with van der Waals surface area (Å²) in [6.07, 6.45) is -0.814. The van der Waals surface area contributed by atoms with E-state index < -0.39 is 274 Å². The monoisotopic (exact) mass is 638 g/mol. The Kier molecular flexibility index (Phi) is 2.50. The Morgan fingerprint density at radius 3 is 1.73 bits per heavy atom. The molecule has 0 radical (unpaired) electrons. The van der Waals surface area contributed by atoms with Crippen LogP contribution in [0.4, 0.5) is 0 Å². The van der Waals surface area contributed by atoms with Gasteiger partial charge in [-0.15, -0.1) is 0 Å². The van der Waals surface area contributed by atoms with Gasteiger partial charge < -0.3 is 4.42 Å². The normalized spacial score (nSPS) is 20.0. The predicted molar refractivity (Wildman–Crippen MR) is 204 cm³/mol. The Hall–Kier alpha value is -6.18. The van der Waals surface area contributed by atoms with Gasteiger partial charge in [0.2, 0.25) is 0 Å². The Bertz CT molecular complexity index is 4350. The summed E-state index contributed by atoms with van der Waals surface area (Å²) in [7, 11) is 0. The van der Waals surface area contributed by atoms with Crippen molar-refractivity contribution in [1.29, 1.82) is 0 Å². The number of fused-ring (bicyclic) bond motifs is 8. The van der Waals surface area contributed by atoms with E-state index in [2.05, 4.69) is 0 Å². The van der Waals surface area contributed by atoms with E-state index >= 15 is 0 Å². The highest BCUT2D eigenvalue weighted by molar-refractivity contribution is 6.27. The van der Waals surface area contributed by atoms with Gasteiger partial charge in [0.1, 0.15) is 11.2 Å². The molecule has 48 heavy (non-hydrogen) atoms. The second-order valence-electron chi connectivity index (χ2n) is 10.6. The molecule has 0 fully saturated rings. The third kappa shape index (κ3) is 4.18. The van der Waals surface area contributed by atoms with Gasteiger partial charge in [-0.2, -0.15) is 0 Å². The molecule has 10 rings (SSSR count). The van der Waals surface area contributed by atoms with Crippen molar-refractivity contribution in [3.63, 3.8) is 0 Å². The third-order valence-corrected chi connectivity index (χ3v) is 7.96. The molecule has 1 aromatic heterocycles. The van der Waals surface area contributed by atoms with Crippen molar-refractivity contribution in [2.24, 2.45) is 0 Å². The fourth-order valence-corrected chi connectivity index (χ4v) is 5.92. The first kappa shape index (κ1) is 11.2. The third-order valence-electron chi connectivity index (χ3n) is 7.96. The SMILES string of the molecule is [2H]c1c([2H])c(-c2c3c([2H])c([2H])c([2H])c([2H])c3c(-c3c([2H])c([2H])c([2H])c4oc5c6c([2H])c([2H])c([2H])c([2H])c6c([2H])c([2H])c5c34)c3c([2H])c([2H])c([2H])c([2H])c23)c([2H])c([2H])c1Cc1c([2H])c([2H])c2c([2H])c([2H])c([2H])c([2H])c2c1[2H]. The second-order valence-corrected chi connectivity index (χ2v) is 10.6. The molecule has 0 unspecified atom stereocenters. The van der Waals surface area contributed by atoms with Crippen LogP contribution in [0.2, 0.25) is 0 Å². The van der Waals surface area contributed by atoms with Gasteiger partial charge in [-0.05, 0) is 89.6 Å². The maximum Gasteiger partial charge on any atom is 0.143 e. The van der Waals surface area contributed by atoms with Gasteiger partial charge in [-0.25, -0.2) is 0 Å². The van der Waals surface area contributed by atoms with Crippen molar-refractivity contribution in [2.45, 2.75) is 6.42 Å². The quantitative estimate of drug-likeness (QED) is 0.175. The fraction of sp³-hybridized carbons (Fsp3) is 0.0213. The summed E-state index contributed by atoms with van der Waals surface area (Å²) in [5, 5.41) is -5.68. The average molecular weight is 639 g/mol. The maximum absolute atomic E-state index is 9.53. The number of hydrogen-bond donors (Lipinski definition) is 0. The highest BCUT2D eigenvalue weighted by Crippen LogP contribution is 2.47. The Morgan fingerprint density at radius 1 is 0.417 bits per heavy atom. The lowest BCUT2D eigenvalue weighted by atomic mass is 9.84. The smallest absolute Gasteiger partial charge is 0.143 e. The summed E-state index contributed by atoms with van der Waals surface area (Å²) in [4.78, 5) is 0. The van der Waals surface area contributed by atoms with Crippen LogP contribution < -0.4 is 0 Å². The van der Waals surface area contributed by atoms with E-state index in [1.54, 1.807) is 0 Å². The number of furan rings is 1. The van der Waals surface area contributed by atoms with Gasteiger partial charge in [0.25, 0.3) is 0 Å². The lowest BCUT2D eigenvalue weighted by molar-refractivity contribution is 0.673. The van der Waals surface area contributed by atoms with Gasteiger partial charge in [0.05, 0.1) is 38.4 Å². The van der Waals surface area contributed by atoms with Gasteiger partial charge in [-0.3, -0.25) is 0 Å². The molecule has 1 heterocycles. The zero-order chi connectivity index (χ0) is 56.0. The van der Waals surface area contributed by atoms with Crippen molar-refractivity contribution >= 4 is 65.0 Å². The van der Waals surface area contributed by atoms with Gasteiger partial charge in [-0.1, -0.05) is 157 Å². The first-order valence-electron chi connectivity index (χ1n) is 28.4. The van der Waals surface area contributed by atoms with E-state index in [4.69, 9.17) is 29.1 Å². The maximum atomic E-state index is 9.53. The lowest BCUT2D eigenvalue weighted by Crippen LogP contribution is -1.92. The van der Waals surface area contributed by atoms with E-state index in [1.807, 2.05) is 0 Å². The molecule has 0 aliphatic heterocycles. The number of rotatable bonds is 4. The van der Waals surface area contributed by atoms with Crippen molar-refractivity contribution in [3.8, 4) is 22.3 Å². The number of hydrogen-bond acceptors (Lipinski definition) is 1. The zero-order valence-corrected chi connectivity index (χ0v) is 24.1. The zero-order valence-electron chi connectivity index (χ0n) is 52.1. The standard InChI is InChI=1S/C47H30O/c1-2-12-35-29-31(22-23-32(35)10-1)28-30-20-24-34(25-21-30)44-37-14-5-7-16-39(37)45(40-17-8-6-15-38(40)44)41-18-9-19-43-46(41)42-27-26-33-11-3-4-13-36(33)47(42)48-43/h1-27,29H,28H2/i1D,2D,3D,4D,5D,6D,7D,8D,9D,10D,11D,12D,13D,14D,15D,16D,17D,18D,19D,20D,21D,22D,23D,24D,25D,26D,27D,29D. The topological polar surface area (TPSA) is 13.1 Å². The van der Waals surface area contributed by atoms with Crippen LogP contribution in [-0.2, 0) is 6.42 Å². The summed E-state index contributed by atoms with van der Waals surface area (Å²) in [6.45, 7) is 0. The average Bonchev–Trinajstić information content (AvgIpc) is 3.80. The van der Waals surface area contributed by atoms with Crippen LogP contribution in [0.25, 0.3) is 87.3 Å². The molecule has 224 valence electrons.